The highest BCUT2D eigenvalue weighted by Crippen LogP contribution is 2.18. The summed E-state index contributed by atoms with van der Waals surface area (Å²) in [5.41, 5.74) is 5.97. The first-order chi connectivity index (χ1) is 9.00. The molecule has 1 fully saturated rings. The van der Waals surface area contributed by atoms with E-state index in [4.69, 9.17) is 10.5 Å². The summed E-state index contributed by atoms with van der Waals surface area (Å²) >= 11 is 0. The van der Waals surface area contributed by atoms with Crippen molar-refractivity contribution in [1.29, 1.82) is 0 Å². The molecule has 0 aromatic heterocycles. The third kappa shape index (κ3) is 3.89. The summed E-state index contributed by atoms with van der Waals surface area (Å²) in [5, 5.41) is 0. The monoisotopic (exact) mass is 288 g/mol. The van der Waals surface area contributed by atoms with E-state index in [1.807, 2.05) is 0 Å². The van der Waals surface area contributed by atoms with Crippen molar-refractivity contribution in [2.45, 2.75) is 25.5 Å². The summed E-state index contributed by atoms with van der Waals surface area (Å²) in [7, 11) is -3.49. The lowest BCUT2D eigenvalue weighted by molar-refractivity contribution is 0.127. The molecule has 0 radical (unpaired) electrons. The predicted octanol–water partition coefficient (Wildman–Crippen LogP) is 1.21. The molecule has 106 valence electrons. The van der Waals surface area contributed by atoms with Gasteiger partial charge >= 0.3 is 0 Å². The Bertz CT molecular complexity index is 542. The molecule has 1 aromatic rings. The fraction of sp³-hybridized carbons (Fsp3) is 0.500. The van der Waals surface area contributed by atoms with Crippen LogP contribution in [0.5, 0.6) is 0 Å². The van der Waals surface area contributed by atoms with Crippen LogP contribution in [0.2, 0.25) is 0 Å². The van der Waals surface area contributed by atoms with E-state index in [0.717, 1.165) is 12.8 Å². The van der Waals surface area contributed by atoms with Crippen molar-refractivity contribution in [2.75, 3.05) is 17.1 Å². The van der Waals surface area contributed by atoms with Crippen LogP contribution in [0.1, 0.15) is 18.4 Å². The van der Waals surface area contributed by atoms with Crippen molar-refractivity contribution in [3.05, 3.63) is 29.6 Å². The van der Waals surface area contributed by atoms with Gasteiger partial charge in [-0.15, -0.1) is 0 Å². The number of anilines is 1. The minimum atomic E-state index is -3.49. The smallest absolute Gasteiger partial charge is 0.235 e. The van der Waals surface area contributed by atoms with Crippen molar-refractivity contribution in [2.24, 2.45) is 5.73 Å². The molecule has 1 saturated heterocycles. The van der Waals surface area contributed by atoms with E-state index < -0.39 is 15.8 Å². The highest BCUT2D eigenvalue weighted by Gasteiger charge is 2.23. The topological polar surface area (TPSA) is 81.4 Å². The van der Waals surface area contributed by atoms with Gasteiger partial charge in [-0.3, -0.25) is 4.72 Å². The number of nitrogens with one attached hydrogen (secondary N) is 1. The fourth-order valence-electron chi connectivity index (χ4n) is 2.04. The van der Waals surface area contributed by atoms with Crippen LogP contribution in [0.15, 0.2) is 18.2 Å². The minimum Gasteiger partial charge on any atom is -0.377 e. The molecule has 0 bridgehead atoms. The van der Waals surface area contributed by atoms with E-state index in [0.29, 0.717) is 12.3 Å². The number of nitrogens with two attached hydrogens (primary N) is 1. The second-order valence-corrected chi connectivity index (χ2v) is 6.30. The number of benzene rings is 1. The molecule has 1 atom stereocenters. The summed E-state index contributed by atoms with van der Waals surface area (Å²) in [6.07, 6.45) is 1.37. The lowest BCUT2D eigenvalue weighted by Crippen LogP contribution is -2.25. The number of rotatable bonds is 5. The maximum absolute atomic E-state index is 13.3. The molecule has 3 N–H and O–H groups in total. The number of hydrogen-bond acceptors (Lipinski definition) is 4. The second-order valence-electron chi connectivity index (χ2n) is 4.53. The molecule has 0 aliphatic carbocycles. The Kier molecular flexibility index (Phi) is 4.38. The summed E-state index contributed by atoms with van der Waals surface area (Å²) in [6, 6.07) is 3.98. The van der Waals surface area contributed by atoms with Gasteiger partial charge in [0.25, 0.3) is 0 Å². The van der Waals surface area contributed by atoms with Gasteiger partial charge in [0.15, 0.2) is 0 Å². The lowest BCUT2D eigenvalue weighted by Gasteiger charge is -2.12. The Labute approximate surface area is 112 Å². The fourth-order valence-corrected chi connectivity index (χ4v) is 3.36. The van der Waals surface area contributed by atoms with Crippen LogP contribution in [-0.2, 0) is 21.3 Å². The Balaban J connectivity index is 2.06. The molecule has 1 heterocycles. The molecule has 0 spiro atoms. The average molecular weight is 288 g/mol. The van der Waals surface area contributed by atoms with Crippen LogP contribution in [0.25, 0.3) is 0 Å². The molecule has 1 aromatic carbocycles. The Morgan fingerprint density at radius 3 is 2.89 bits per heavy atom. The van der Waals surface area contributed by atoms with Gasteiger partial charge in [0.05, 0.1) is 11.9 Å². The maximum atomic E-state index is 13.3. The third-order valence-corrected chi connectivity index (χ3v) is 4.33. The summed E-state index contributed by atoms with van der Waals surface area (Å²) in [6.45, 7) is 0.626. The molecule has 1 unspecified atom stereocenters. The summed E-state index contributed by atoms with van der Waals surface area (Å²) < 4.78 is 44.8. The lowest BCUT2D eigenvalue weighted by atomic mass is 10.2. The Morgan fingerprint density at radius 1 is 1.47 bits per heavy atom. The first-order valence-electron chi connectivity index (χ1n) is 6.11. The molecule has 7 heteroatoms. The summed E-state index contributed by atoms with van der Waals surface area (Å²) in [5.74, 6) is -0.521. The van der Waals surface area contributed by atoms with E-state index in [2.05, 4.69) is 4.72 Å². The van der Waals surface area contributed by atoms with E-state index in [9.17, 15) is 12.8 Å². The molecule has 0 amide bonds. The number of sulfonamides is 1. The quantitative estimate of drug-likeness (QED) is 0.853. The zero-order valence-electron chi connectivity index (χ0n) is 10.4. The first kappa shape index (κ1) is 14.2. The average Bonchev–Trinajstić information content (AvgIpc) is 2.83. The van der Waals surface area contributed by atoms with Gasteiger partial charge in [0, 0.05) is 24.4 Å². The molecule has 0 saturated carbocycles. The van der Waals surface area contributed by atoms with Crippen molar-refractivity contribution in [1.82, 2.24) is 0 Å². The van der Waals surface area contributed by atoms with Crippen molar-refractivity contribution < 1.29 is 17.5 Å². The van der Waals surface area contributed by atoms with Crippen LogP contribution < -0.4 is 10.5 Å². The van der Waals surface area contributed by atoms with Gasteiger partial charge in [0.1, 0.15) is 5.82 Å². The number of halogens is 1. The highest BCUT2D eigenvalue weighted by molar-refractivity contribution is 7.92. The van der Waals surface area contributed by atoms with E-state index in [-0.39, 0.29) is 24.0 Å². The minimum absolute atomic E-state index is 0.0210. The van der Waals surface area contributed by atoms with Gasteiger partial charge < -0.3 is 10.5 Å². The molecule has 19 heavy (non-hydrogen) atoms. The highest BCUT2D eigenvalue weighted by atomic mass is 32.2. The standard InChI is InChI=1S/C12H17FN2O3S/c13-12-4-3-10(6-9(12)7-14)15-19(16,17)8-11-2-1-5-18-11/h3-4,6,11,15H,1-2,5,7-8,14H2. The van der Waals surface area contributed by atoms with Crippen LogP contribution >= 0.6 is 0 Å². The number of ether oxygens (including phenoxy) is 1. The van der Waals surface area contributed by atoms with E-state index in [1.165, 1.54) is 18.2 Å². The van der Waals surface area contributed by atoms with Gasteiger partial charge in [-0.05, 0) is 31.0 Å². The third-order valence-electron chi connectivity index (χ3n) is 2.97. The van der Waals surface area contributed by atoms with E-state index >= 15 is 0 Å². The van der Waals surface area contributed by atoms with Crippen LogP contribution in [-0.4, -0.2) is 26.9 Å². The first-order valence-corrected chi connectivity index (χ1v) is 7.76. The van der Waals surface area contributed by atoms with Crippen LogP contribution in [0.3, 0.4) is 0 Å². The molecule has 5 nitrogen and oxygen atoms in total. The van der Waals surface area contributed by atoms with Crippen molar-refractivity contribution in [3.63, 3.8) is 0 Å². The van der Waals surface area contributed by atoms with Gasteiger partial charge in [-0.2, -0.15) is 0 Å². The second kappa shape index (κ2) is 5.85. The van der Waals surface area contributed by atoms with Gasteiger partial charge in [-0.25, -0.2) is 12.8 Å². The van der Waals surface area contributed by atoms with Gasteiger partial charge in [0.2, 0.25) is 10.0 Å². The van der Waals surface area contributed by atoms with Crippen molar-refractivity contribution >= 4 is 15.7 Å². The van der Waals surface area contributed by atoms with E-state index in [1.54, 1.807) is 0 Å². The summed E-state index contributed by atoms with van der Waals surface area (Å²) in [4.78, 5) is 0. The molecular weight excluding hydrogens is 271 g/mol. The van der Waals surface area contributed by atoms with Crippen LogP contribution in [0, 0.1) is 5.82 Å². The molecule has 2 rings (SSSR count). The van der Waals surface area contributed by atoms with Gasteiger partial charge in [-0.1, -0.05) is 0 Å². The molecule has 1 aliphatic heterocycles. The Hall–Kier alpha value is -1.18. The largest absolute Gasteiger partial charge is 0.377 e. The number of hydrogen-bond donors (Lipinski definition) is 2. The van der Waals surface area contributed by atoms with Crippen LogP contribution in [0.4, 0.5) is 10.1 Å². The predicted molar refractivity (Wildman–Crippen MR) is 70.7 cm³/mol. The van der Waals surface area contributed by atoms with Crippen molar-refractivity contribution in [3.8, 4) is 0 Å². The SMILES string of the molecule is NCc1cc(NS(=O)(=O)CC2CCCO2)ccc1F. The molecule has 1 aliphatic rings. The zero-order valence-corrected chi connectivity index (χ0v) is 11.2. The normalized spacial score (nSPS) is 19.6. The Morgan fingerprint density at radius 2 is 2.26 bits per heavy atom. The maximum Gasteiger partial charge on any atom is 0.235 e. The zero-order chi connectivity index (χ0) is 13.9. The molecular formula is C12H17FN2O3S.